The Morgan fingerprint density at radius 1 is 1.47 bits per heavy atom. The lowest BCUT2D eigenvalue weighted by Gasteiger charge is -2.19. The van der Waals surface area contributed by atoms with Gasteiger partial charge >= 0.3 is 0 Å². The number of hydrogen-bond acceptors (Lipinski definition) is 3. The highest BCUT2D eigenvalue weighted by atomic mass is 35.5. The van der Waals surface area contributed by atoms with Crippen molar-refractivity contribution in [1.82, 2.24) is 0 Å². The van der Waals surface area contributed by atoms with Crippen molar-refractivity contribution in [2.75, 3.05) is 0 Å². The molecular weight excluding hydrogens is 216 g/mol. The molecular formula is C11H12ClO3-. The van der Waals surface area contributed by atoms with E-state index < -0.39 is 12.1 Å². The molecule has 0 saturated carbocycles. The van der Waals surface area contributed by atoms with Gasteiger partial charge in [0.1, 0.15) is 11.9 Å². The van der Waals surface area contributed by atoms with Gasteiger partial charge in [-0.2, -0.15) is 0 Å². The third-order valence-corrected chi connectivity index (χ3v) is 2.16. The molecule has 1 aromatic carbocycles. The van der Waals surface area contributed by atoms with E-state index in [1.807, 2.05) is 6.92 Å². The maximum atomic E-state index is 10.7. The van der Waals surface area contributed by atoms with Crippen molar-refractivity contribution in [3.05, 3.63) is 29.3 Å². The van der Waals surface area contributed by atoms with E-state index in [0.29, 0.717) is 17.2 Å². The lowest BCUT2D eigenvalue weighted by atomic mass is 10.2. The Morgan fingerprint density at radius 3 is 2.53 bits per heavy atom. The Labute approximate surface area is 93.6 Å². The number of halogens is 1. The molecule has 0 saturated heterocycles. The van der Waals surface area contributed by atoms with Crippen LogP contribution in [0.2, 0.25) is 5.02 Å². The first-order valence-electron chi connectivity index (χ1n) is 4.76. The number of carbonyl (C=O) groups excluding carboxylic acids is 1. The monoisotopic (exact) mass is 227 g/mol. The first-order valence-corrected chi connectivity index (χ1v) is 5.14. The molecule has 0 unspecified atom stereocenters. The summed E-state index contributed by atoms with van der Waals surface area (Å²) < 4.78 is 5.25. The number of hydrogen-bond donors (Lipinski definition) is 0. The number of benzene rings is 1. The molecule has 0 aromatic heterocycles. The van der Waals surface area contributed by atoms with Gasteiger partial charge in [-0.1, -0.05) is 24.9 Å². The van der Waals surface area contributed by atoms with E-state index >= 15 is 0 Å². The molecule has 0 aliphatic heterocycles. The van der Waals surface area contributed by atoms with E-state index in [1.165, 1.54) is 0 Å². The highest BCUT2D eigenvalue weighted by Gasteiger charge is 2.10. The third-order valence-electron chi connectivity index (χ3n) is 1.91. The SMILES string of the molecule is CCC[C@@H](Oc1ccc(Cl)cc1)C(=O)[O-]. The lowest BCUT2D eigenvalue weighted by Crippen LogP contribution is -2.39. The zero-order valence-electron chi connectivity index (χ0n) is 8.40. The average molecular weight is 228 g/mol. The summed E-state index contributed by atoms with van der Waals surface area (Å²) in [7, 11) is 0. The number of ether oxygens (including phenoxy) is 1. The maximum Gasteiger partial charge on any atom is 0.138 e. The summed E-state index contributed by atoms with van der Waals surface area (Å²) in [6.45, 7) is 1.89. The Bertz CT molecular complexity index is 321. The van der Waals surface area contributed by atoms with Gasteiger partial charge in [-0.3, -0.25) is 0 Å². The van der Waals surface area contributed by atoms with Crippen molar-refractivity contribution in [1.29, 1.82) is 0 Å². The molecule has 15 heavy (non-hydrogen) atoms. The van der Waals surface area contributed by atoms with Crippen molar-refractivity contribution < 1.29 is 14.6 Å². The van der Waals surface area contributed by atoms with Crippen molar-refractivity contribution in [2.24, 2.45) is 0 Å². The van der Waals surface area contributed by atoms with Crippen LogP contribution in [0, 0.1) is 0 Å². The quantitative estimate of drug-likeness (QED) is 0.768. The molecule has 0 N–H and O–H groups in total. The van der Waals surface area contributed by atoms with Crippen molar-refractivity contribution in [2.45, 2.75) is 25.9 Å². The van der Waals surface area contributed by atoms with Gasteiger partial charge in [-0.05, 0) is 30.7 Å². The summed E-state index contributed by atoms with van der Waals surface area (Å²) in [5, 5.41) is 11.3. The predicted octanol–water partition coefficient (Wildman–Crippen LogP) is 1.64. The van der Waals surface area contributed by atoms with Crippen LogP contribution in [0.3, 0.4) is 0 Å². The number of rotatable bonds is 5. The average Bonchev–Trinajstić information content (AvgIpc) is 2.20. The van der Waals surface area contributed by atoms with Gasteiger partial charge in [0.15, 0.2) is 0 Å². The molecule has 0 bridgehead atoms. The van der Waals surface area contributed by atoms with Crippen LogP contribution in [-0.2, 0) is 4.79 Å². The summed E-state index contributed by atoms with van der Waals surface area (Å²) >= 11 is 5.69. The first kappa shape index (κ1) is 11.9. The van der Waals surface area contributed by atoms with Crippen LogP contribution in [-0.4, -0.2) is 12.1 Å². The lowest BCUT2D eigenvalue weighted by molar-refractivity contribution is -0.313. The molecule has 1 rings (SSSR count). The largest absolute Gasteiger partial charge is 0.546 e. The first-order chi connectivity index (χ1) is 7.13. The fourth-order valence-corrected chi connectivity index (χ4v) is 1.29. The summed E-state index contributed by atoms with van der Waals surface area (Å²) in [5.41, 5.74) is 0. The Hall–Kier alpha value is -1.22. The van der Waals surface area contributed by atoms with Gasteiger partial charge in [0, 0.05) is 5.02 Å². The Kier molecular flexibility index (Phi) is 4.43. The fourth-order valence-electron chi connectivity index (χ4n) is 1.16. The molecule has 0 fully saturated rings. The zero-order valence-corrected chi connectivity index (χ0v) is 9.16. The van der Waals surface area contributed by atoms with Crippen LogP contribution >= 0.6 is 11.6 Å². The van der Waals surface area contributed by atoms with E-state index in [-0.39, 0.29) is 0 Å². The molecule has 0 heterocycles. The van der Waals surface area contributed by atoms with E-state index in [1.54, 1.807) is 24.3 Å². The van der Waals surface area contributed by atoms with Crippen LogP contribution in [0.15, 0.2) is 24.3 Å². The van der Waals surface area contributed by atoms with Gasteiger partial charge < -0.3 is 14.6 Å². The molecule has 0 aliphatic carbocycles. The summed E-state index contributed by atoms with van der Waals surface area (Å²) in [6.07, 6.45) is 0.271. The number of carboxylic acids is 1. The molecule has 3 nitrogen and oxygen atoms in total. The third kappa shape index (κ3) is 3.80. The summed E-state index contributed by atoms with van der Waals surface area (Å²) in [4.78, 5) is 10.7. The highest BCUT2D eigenvalue weighted by molar-refractivity contribution is 6.30. The second-order valence-electron chi connectivity index (χ2n) is 3.17. The fraction of sp³-hybridized carbons (Fsp3) is 0.364. The van der Waals surface area contributed by atoms with E-state index in [2.05, 4.69) is 0 Å². The Balaban J connectivity index is 2.65. The van der Waals surface area contributed by atoms with E-state index in [0.717, 1.165) is 6.42 Å². The van der Waals surface area contributed by atoms with Gasteiger partial charge in [0.2, 0.25) is 0 Å². The molecule has 0 radical (unpaired) electrons. The number of carboxylic acid groups (broad SMARTS) is 1. The van der Waals surface area contributed by atoms with E-state index in [4.69, 9.17) is 16.3 Å². The second kappa shape index (κ2) is 5.61. The van der Waals surface area contributed by atoms with Crippen LogP contribution < -0.4 is 9.84 Å². The van der Waals surface area contributed by atoms with Crippen molar-refractivity contribution in [3.8, 4) is 5.75 Å². The predicted molar refractivity (Wildman–Crippen MR) is 55.8 cm³/mol. The summed E-state index contributed by atoms with van der Waals surface area (Å²) in [5.74, 6) is -0.700. The number of aliphatic carboxylic acids is 1. The zero-order chi connectivity index (χ0) is 11.3. The van der Waals surface area contributed by atoms with Crippen molar-refractivity contribution in [3.63, 3.8) is 0 Å². The molecule has 0 spiro atoms. The second-order valence-corrected chi connectivity index (χ2v) is 3.60. The molecule has 1 atom stereocenters. The van der Waals surface area contributed by atoms with Gasteiger partial charge in [-0.15, -0.1) is 0 Å². The molecule has 4 heteroatoms. The van der Waals surface area contributed by atoms with Crippen LogP contribution in [0.5, 0.6) is 5.75 Å². The topological polar surface area (TPSA) is 49.4 Å². The standard InChI is InChI=1S/C11H13ClO3/c1-2-3-10(11(13)14)15-9-6-4-8(12)5-7-9/h4-7,10H,2-3H2,1H3,(H,13,14)/p-1/t10-/m1/s1. The minimum Gasteiger partial charge on any atom is -0.546 e. The Morgan fingerprint density at radius 2 is 2.07 bits per heavy atom. The normalized spacial score (nSPS) is 12.1. The van der Waals surface area contributed by atoms with Crippen molar-refractivity contribution >= 4 is 17.6 Å². The van der Waals surface area contributed by atoms with Crippen LogP contribution in [0.1, 0.15) is 19.8 Å². The minimum atomic E-state index is -1.19. The van der Waals surface area contributed by atoms with Gasteiger partial charge in [0.05, 0.1) is 5.97 Å². The molecule has 1 aromatic rings. The van der Waals surface area contributed by atoms with E-state index in [9.17, 15) is 9.90 Å². The smallest absolute Gasteiger partial charge is 0.138 e. The highest BCUT2D eigenvalue weighted by Crippen LogP contribution is 2.17. The maximum absolute atomic E-state index is 10.7. The minimum absolute atomic E-state index is 0.435. The van der Waals surface area contributed by atoms with Gasteiger partial charge in [-0.25, -0.2) is 0 Å². The molecule has 82 valence electrons. The van der Waals surface area contributed by atoms with Gasteiger partial charge in [0.25, 0.3) is 0 Å². The summed E-state index contributed by atoms with van der Waals surface area (Å²) in [6, 6.07) is 6.56. The molecule has 0 amide bonds. The van der Waals surface area contributed by atoms with Crippen LogP contribution in [0.25, 0.3) is 0 Å². The number of carbonyl (C=O) groups is 1. The molecule has 0 aliphatic rings. The van der Waals surface area contributed by atoms with Crippen LogP contribution in [0.4, 0.5) is 0 Å².